The van der Waals surface area contributed by atoms with Gasteiger partial charge >= 0.3 is 0 Å². The number of nitrogens with zero attached hydrogens (tertiary/aromatic N) is 1. The first-order chi connectivity index (χ1) is 9.65. The summed E-state index contributed by atoms with van der Waals surface area (Å²) in [5, 5.41) is 2.84. The minimum Gasteiger partial charge on any atom is -0.347 e. The van der Waals surface area contributed by atoms with Gasteiger partial charge in [-0.3, -0.25) is 9.59 Å². The summed E-state index contributed by atoms with van der Waals surface area (Å²) in [6, 6.07) is 8.08. The number of rotatable bonds is 4. The summed E-state index contributed by atoms with van der Waals surface area (Å²) in [6.45, 7) is 0.182. The maximum absolute atomic E-state index is 12.0. The van der Waals surface area contributed by atoms with Crippen LogP contribution >= 0.6 is 0 Å². The van der Waals surface area contributed by atoms with Gasteiger partial charge in [0.2, 0.25) is 5.91 Å². The minimum absolute atomic E-state index is 0.135. The van der Waals surface area contributed by atoms with Crippen LogP contribution < -0.4 is 11.1 Å². The molecular formula is C14H17N3O3. The van der Waals surface area contributed by atoms with Crippen molar-refractivity contribution in [1.82, 2.24) is 10.2 Å². The fourth-order valence-corrected chi connectivity index (χ4v) is 2.36. The third-order valence-electron chi connectivity index (χ3n) is 3.37. The van der Waals surface area contributed by atoms with E-state index in [9.17, 15) is 14.4 Å². The van der Waals surface area contributed by atoms with Crippen LogP contribution in [0.3, 0.4) is 0 Å². The first-order valence-electron chi connectivity index (χ1n) is 6.46. The molecule has 0 bridgehead atoms. The molecular weight excluding hydrogens is 258 g/mol. The molecule has 2 rings (SSSR count). The number of aldehydes is 1. The molecule has 106 valence electrons. The third kappa shape index (κ3) is 3.03. The monoisotopic (exact) mass is 275 g/mol. The van der Waals surface area contributed by atoms with Gasteiger partial charge in [0.15, 0.2) is 0 Å². The van der Waals surface area contributed by atoms with Gasteiger partial charge in [-0.2, -0.15) is 0 Å². The number of carbonyl (C=O) groups is 3. The maximum atomic E-state index is 12.0. The summed E-state index contributed by atoms with van der Waals surface area (Å²) < 4.78 is 0. The van der Waals surface area contributed by atoms with E-state index in [1.54, 1.807) is 24.3 Å². The van der Waals surface area contributed by atoms with E-state index in [1.807, 2.05) is 6.07 Å². The molecule has 1 saturated heterocycles. The number of hydrogen-bond acceptors (Lipinski definition) is 4. The van der Waals surface area contributed by atoms with E-state index in [0.717, 1.165) is 6.29 Å². The van der Waals surface area contributed by atoms with Crippen LogP contribution in [0, 0.1) is 0 Å². The molecule has 1 aromatic rings. The highest BCUT2D eigenvalue weighted by Gasteiger charge is 2.35. The van der Waals surface area contributed by atoms with Crippen LogP contribution in [0.15, 0.2) is 30.3 Å². The quantitative estimate of drug-likeness (QED) is 0.727. The van der Waals surface area contributed by atoms with Crippen molar-refractivity contribution in [3.63, 3.8) is 0 Å². The summed E-state index contributed by atoms with van der Waals surface area (Å²) in [6.07, 6.45) is 1.15. The van der Waals surface area contributed by atoms with Gasteiger partial charge in [0, 0.05) is 18.2 Å². The molecule has 0 spiro atoms. The Morgan fingerprint density at radius 2 is 2.05 bits per heavy atom. The molecule has 2 atom stereocenters. The van der Waals surface area contributed by atoms with Crippen molar-refractivity contribution < 1.29 is 14.4 Å². The Balaban J connectivity index is 2.00. The standard InChI is InChI=1S/C14H17N3O3/c15-7-13(19)17-8-11(6-12(17)9-18)16-14(20)10-4-2-1-3-5-10/h1-5,9,11-12H,6-8,15H2,(H,16,20)/t11-,12-/m0/s1. The molecule has 1 fully saturated rings. The summed E-state index contributed by atoms with van der Waals surface area (Å²) in [4.78, 5) is 36.0. The third-order valence-corrected chi connectivity index (χ3v) is 3.37. The van der Waals surface area contributed by atoms with Crippen LogP contribution in [0.4, 0.5) is 0 Å². The Kier molecular flexibility index (Phi) is 4.47. The van der Waals surface area contributed by atoms with Crippen LogP contribution in [0.1, 0.15) is 16.8 Å². The van der Waals surface area contributed by atoms with Crippen molar-refractivity contribution in [2.24, 2.45) is 5.73 Å². The lowest BCUT2D eigenvalue weighted by Crippen LogP contribution is -2.42. The zero-order chi connectivity index (χ0) is 14.5. The predicted molar refractivity (Wildman–Crippen MR) is 72.9 cm³/mol. The van der Waals surface area contributed by atoms with Gasteiger partial charge in [0.05, 0.1) is 12.6 Å². The van der Waals surface area contributed by atoms with Gasteiger partial charge in [0.25, 0.3) is 5.91 Å². The first-order valence-corrected chi connectivity index (χ1v) is 6.46. The topological polar surface area (TPSA) is 92.5 Å². The van der Waals surface area contributed by atoms with Crippen LogP contribution in [0.5, 0.6) is 0 Å². The molecule has 1 heterocycles. The molecule has 0 aliphatic carbocycles. The average Bonchev–Trinajstić information content (AvgIpc) is 2.90. The van der Waals surface area contributed by atoms with E-state index in [-0.39, 0.29) is 24.4 Å². The number of nitrogens with one attached hydrogen (secondary N) is 1. The minimum atomic E-state index is -0.507. The fourth-order valence-electron chi connectivity index (χ4n) is 2.36. The Bertz CT molecular complexity index is 504. The SMILES string of the molecule is NCC(=O)N1C[C@@H](NC(=O)c2ccccc2)C[C@H]1C=O. The number of amides is 2. The molecule has 6 heteroatoms. The van der Waals surface area contributed by atoms with Gasteiger partial charge in [-0.15, -0.1) is 0 Å². The molecule has 3 N–H and O–H groups in total. The molecule has 0 saturated carbocycles. The number of benzene rings is 1. The molecule has 20 heavy (non-hydrogen) atoms. The zero-order valence-corrected chi connectivity index (χ0v) is 11.0. The normalized spacial score (nSPS) is 21.6. The molecule has 1 aromatic carbocycles. The Morgan fingerprint density at radius 1 is 1.35 bits per heavy atom. The van der Waals surface area contributed by atoms with Crippen LogP contribution in [0.2, 0.25) is 0 Å². The Morgan fingerprint density at radius 3 is 2.65 bits per heavy atom. The highest BCUT2D eigenvalue weighted by molar-refractivity contribution is 5.94. The summed E-state index contributed by atoms with van der Waals surface area (Å²) in [7, 11) is 0. The Hall–Kier alpha value is -2.21. The van der Waals surface area contributed by atoms with Crippen molar-refractivity contribution in [2.75, 3.05) is 13.1 Å². The lowest BCUT2D eigenvalue weighted by Gasteiger charge is -2.19. The van der Waals surface area contributed by atoms with Gasteiger partial charge in [-0.25, -0.2) is 0 Å². The molecule has 0 radical (unpaired) electrons. The average molecular weight is 275 g/mol. The molecule has 0 unspecified atom stereocenters. The summed E-state index contributed by atoms with van der Waals surface area (Å²) in [5.41, 5.74) is 5.87. The largest absolute Gasteiger partial charge is 0.347 e. The lowest BCUT2D eigenvalue weighted by molar-refractivity contribution is -0.133. The second kappa shape index (κ2) is 6.29. The van der Waals surface area contributed by atoms with Gasteiger partial charge in [-0.1, -0.05) is 18.2 Å². The Labute approximate surface area is 116 Å². The van der Waals surface area contributed by atoms with Crippen LogP contribution in [-0.4, -0.2) is 48.2 Å². The van der Waals surface area contributed by atoms with Crippen molar-refractivity contribution in [3.05, 3.63) is 35.9 Å². The van der Waals surface area contributed by atoms with E-state index in [1.165, 1.54) is 4.90 Å². The highest BCUT2D eigenvalue weighted by atomic mass is 16.2. The maximum Gasteiger partial charge on any atom is 0.251 e. The van der Waals surface area contributed by atoms with E-state index in [4.69, 9.17) is 5.73 Å². The van der Waals surface area contributed by atoms with Crippen molar-refractivity contribution in [3.8, 4) is 0 Å². The summed E-state index contributed by atoms with van der Waals surface area (Å²) in [5.74, 6) is -0.485. The van der Waals surface area contributed by atoms with Crippen LogP contribution in [0.25, 0.3) is 0 Å². The molecule has 1 aliphatic rings. The van der Waals surface area contributed by atoms with E-state index >= 15 is 0 Å². The lowest BCUT2D eigenvalue weighted by atomic mass is 10.1. The first kappa shape index (κ1) is 14.2. The van der Waals surface area contributed by atoms with Crippen molar-refractivity contribution in [2.45, 2.75) is 18.5 Å². The second-order valence-electron chi connectivity index (χ2n) is 4.73. The molecule has 6 nitrogen and oxygen atoms in total. The smallest absolute Gasteiger partial charge is 0.251 e. The number of carbonyl (C=O) groups excluding carboxylic acids is 3. The van der Waals surface area contributed by atoms with E-state index in [0.29, 0.717) is 18.5 Å². The second-order valence-corrected chi connectivity index (χ2v) is 4.73. The van der Waals surface area contributed by atoms with E-state index < -0.39 is 6.04 Å². The molecule has 1 aliphatic heterocycles. The zero-order valence-electron chi connectivity index (χ0n) is 11.0. The van der Waals surface area contributed by atoms with Gasteiger partial charge in [0.1, 0.15) is 6.29 Å². The predicted octanol–water partition coefficient (Wildman–Crippen LogP) is -0.456. The van der Waals surface area contributed by atoms with Gasteiger partial charge < -0.3 is 20.7 Å². The van der Waals surface area contributed by atoms with Crippen molar-refractivity contribution in [1.29, 1.82) is 0 Å². The summed E-state index contributed by atoms with van der Waals surface area (Å²) >= 11 is 0. The molecule has 2 amide bonds. The molecule has 0 aromatic heterocycles. The number of likely N-dealkylation sites (tertiary alicyclic amines) is 1. The number of nitrogens with two attached hydrogens (primary N) is 1. The van der Waals surface area contributed by atoms with Gasteiger partial charge in [-0.05, 0) is 18.6 Å². The highest BCUT2D eigenvalue weighted by Crippen LogP contribution is 2.16. The van der Waals surface area contributed by atoms with Crippen molar-refractivity contribution >= 4 is 18.1 Å². The number of hydrogen-bond donors (Lipinski definition) is 2. The fraction of sp³-hybridized carbons (Fsp3) is 0.357. The van der Waals surface area contributed by atoms with E-state index in [2.05, 4.69) is 5.32 Å². The van der Waals surface area contributed by atoms with Crippen LogP contribution in [-0.2, 0) is 9.59 Å².